The van der Waals surface area contributed by atoms with E-state index in [2.05, 4.69) is 0 Å². The summed E-state index contributed by atoms with van der Waals surface area (Å²) in [4.78, 5) is 27.6. The summed E-state index contributed by atoms with van der Waals surface area (Å²) in [7, 11) is 0. The number of likely N-dealkylation sites (tertiary alicyclic amines) is 1. The Balaban J connectivity index is 1.14. The number of rotatable bonds is 9. The average molecular weight is 520 g/mol. The van der Waals surface area contributed by atoms with E-state index in [9.17, 15) is 14.7 Å². The highest BCUT2D eigenvalue weighted by Gasteiger charge is 2.23. The molecule has 0 bridgehead atoms. The molecule has 0 atom stereocenters. The third-order valence-electron chi connectivity index (χ3n) is 7.48. The van der Waals surface area contributed by atoms with E-state index in [1.807, 2.05) is 95.9 Å². The molecule has 1 fully saturated rings. The van der Waals surface area contributed by atoms with Crippen LogP contribution in [0.5, 0.6) is 11.5 Å². The summed E-state index contributed by atoms with van der Waals surface area (Å²) in [5.74, 6) is 1.54. The Morgan fingerprint density at radius 1 is 0.769 bits per heavy atom. The Kier molecular flexibility index (Phi) is 8.37. The van der Waals surface area contributed by atoms with Crippen LogP contribution in [0.4, 0.5) is 0 Å². The van der Waals surface area contributed by atoms with Crippen molar-refractivity contribution >= 4 is 11.7 Å². The fourth-order valence-electron chi connectivity index (χ4n) is 5.12. The molecular formula is C34H33NO4. The zero-order chi connectivity index (χ0) is 27.0. The minimum absolute atomic E-state index is 0.000233. The first-order chi connectivity index (χ1) is 19.1. The predicted molar refractivity (Wildman–Crippen MR) is 153 cm³/mol. The number of carbonyl (C=O) groups is 2. The molecule has 0 unspecified atom stereocenters. The van der Waals surface area contributed by atoms with Gasteiger partial charge < -0.3 is 14.7 Å². The third-order valence-corrected chi connectivity index (χ3v) is 7.48. The Labute approximate surface area is 229 Å². The lowest BCUT2D eigenvalue weighted by molar-refractivity contribution is -0.134. The SMILES string of the molecule is O=C(c1ccccc1)c1ccc(-c2ccccc2OCC(=O)N2CCC(CCc3ccc(O)cc3)CC2)cc1. The van der Waals surface area contributed by atoms with Crippen LogP contribution in [-0.4, -0.2) is 41.4 Å². The molecule has 1 aliphatic rings. The van der Waals surface area contributed by atoms with Crippen LogP contribution in [0.3, 0.4) is 0 Å². The van der Waals surface area contributed by atoms with Gasteiger partial charge in [-0.15, -0.1) is 0 Å². The van der Waals surface area contributed by atoms with E-state index >= 15 is 0 Å². The summed E-state index contributed by atoms with van der Waals surface area (Å²) in [6.07, 6.45) is 4.07. The van der Waals surface area contributed by atoms with Gasteiger partial charge in [-0.3, -0.25) is 9.59 Å². The Morgan fingerprint density at radius 3 is 2.13 bits per heavy atom. The molecule has 198 valence electrons. The van der Waals surface area contributed by atoms with E-state index in [1.165, 1.54) is 5.56 Å². The van der Waals surface area contributed by atoms with Crippen molar-refractivity contribution in [3.05, 3.63) is 120 Å². The monoisotopic (exact) mass is 519 g/mol. The smallest absolute Gasteiger partial charge is 0.260 e. The number of hydrogen-bond donors (Lipinski definition) is 1. The van der Waals surface area contributed by atoms with Gasteiger partial charge in [0.05, 0.1) is 0 Å². The first kappa shape index (κ1) is 26.2. The molecule has 1 aliphatic heterocycles. The average Bonchev–Trinajstić information content (AvgIpc) is 3.00. The van der Waals surface area contributed by atoms with E-state index in [-0.39, 0.29) is 18.3 Å². The van der Waals surface area contributed by atoms with E-state index in [4.69, 9.17) is 4.74 Å². The summed E-state index contributed by atoms with van der Waals surface area (Å²) < 4.78 is 6.02. The molecule has 4 aromatic rings. The molecular weight excluding hydrogens is 486 g/mol. The van der Waals surface area contributed by atoms with Crippen LogP contribution in [0.1, 0.15) is 40.7 Å². The van der Waals surface area contributed by atoms with Gasteiger partial charge in [0.1, 0.15) is 11.5 Å². The number of ketones is 1. The normalized spacial score (nSPS) is 13.7. The number of hydrogen-bond acceptors (Lipinski definition) is 4. The molecule has 1 saturated heterocycles. The summed E-state index contributed by atoms with van der Waals surface area (Å²) >= 11 is 0. The van der Waals surface area contributed by atoms with Crippen molar-refractivity contribution in [3.8, 4) is 22.6 Å². The molecule has 1 amide bonds. The molecule has 5 rings (SSSR count). The van der Waals surface area contributed by atoms with Crippen molar-refractivity contribution in [3.63, 3.8) is 0 Å². The molecule has 0 radical (unpaired) electrons. The van der Waals surface area contributed by atoms with Crippen molar-refractivity contribution in [2.45, 2.75) is 25.7 Å². The molecule has 0 aliphatic carbocycles. The van der Waals surface area contributed by atoms with Gasteiger partial charge in [0.2, 0.25) is 0 Å². The first-order valence-electron chi connectivity index (χ1n) is 13.5. The number of ether oxygens (including phenoxy) is 1. The molecule has 0 spiro atoms. The van der Waals surface area contributed by atoms with Gasteiger partial charge in [0.15, 0.2) is 12.4 Å². The summed E-state index contributed by atoms with van der Waals surface area (Å²) in [6, 6.07) is 31.8. The highest BCUT2D eigenvalue weighted by atomic mass is 16.5. The standard InChI is InChI=1S/C34H33NO4/c36-30-18-12-25(13-19-30)10-11-26-20-22-35(23-21-26)33(37)24-39-32-9-5-4-8-31(32)27-14-16-29(17-15-27)34(38)28-6-2-1-3-7-28/h1-9,12-19,26,36H,10-11,20-24H2. The number of piperidine rings is 1. The Morgan fingerprint density at radius 2 is 1.41 bits per heavy atom. The molecule has 0 aromatic heterocycles. The summed E-state index contributed by atoms with van der Waals surface area (Å²) in [6.45, 7) is 1.50. The molecule has 1 heterocycles. The van der Waals surface area contributed by atoms with Crippen molar-refractivity contribution in [2.75, 3.05) is 19.7 Å². The fraction of sp³-hybridized carbons (Fsp3) is 0.235. The van der Waals surface area contributed by atoms with Gasteiger partial charge in [-0.1, -0.05) is 84.9 Å². The number of aromatic hydroxyl groups is 1. The van der Waals surface area contributed by atoms with Crippen molar-refractivity contribution < 1.29 is 19.4 Å². The number of carbonyl (C=O) groups excluding carboxylic acids is 2. The summed E-state index contributed by atoms with van der Waals surface area (Å²) in [5, 5.41) is 9.45. The zero-order valence-corrected chi connectivity index (χ0v) is 22.0. The number of benzene rings is 4. The second kappa shape index (κ2) is 12.4. The van der Waals surface area contributed by atoms with Crippen LogP contribution in [0, 0.1) is 5.92 Å². The molecule has 5 heteroatoms. The lowest BCUT2D eigenvalue weighted by atomic mass is 9.90. The van der Waals surface area contributed by atoms with Crippen LogP contribution in [-0.2, 0) is 11.2 Å². The van der Waals surface area contributed by atoms with Gasteiger partial charge in [-0.05, 0) is 60.9 Å². The number of para-hydroxylation sites is 1. The largest absolute Gasteiger partial charge is 0.508 e. The maximum absolute atomic E-state index is 12.9. The van der Waals surface area contributed by atoms with Crippen LogP contribution >= 0.6 is 0 Å². The second-order valence-electron chi connectivity index (χ2n) is 10.1. The quantitative estimate of drug-likeness (QED) is 0.255. The maximum atomic E-state index is 12.9. The lowest BCUT2D eigenvalue weighted by Crippen LogP contribution is -2.41. The highest BCUT2D eigenvalue weighted by Crippen LogP contribution is 2.31. The van der Waals surface area contributed by atoms with Gasteiger partial charge in [0.25, 0.3) is 5.91 Å². The van der Waals surface area contributed by atoms with Gasteiger partial charge >= 0.3 is 0 Å². The predicted octanol–water partition coefficient (Wildman–Crippen LogP) is 6.54. The maximum Gasteiger partial charge on any atom is 0.260 e. The number of phenols is 1. The first-order valence-corrected chi connectivity index (χ1v) is 13.5. The van der Waals surface area contributed by atoms with E-state index in [0.717, 1.165) is 49.9 Å². The Hall–Kier alpha value is -4.38. The summed E-state index contributed by atoms with van der Waals surface area (Å²) in [5.41, 5.74) is 4.34. The number of amides is 1. The minimum atomic E-state index is -0.0126. The highest BCUT2D eigenvalue weighted by molar-refractivity contribution is 6.09. The molecule has 1 N–H and O–H groups in total. The lowest BCUT2D eigenvalue weighted by Gasteiger charge is -2.32. The van der Waals surface area contributed by atoms with E-state index in [1.54, 1.807) is 12.1 Å². The van der Waals surface area contributed by atoms with Gasteiger partial charge in [0, 0.05) is 29.8 Å². The van der Waals surface area contributed by atoms with Crippen molar-refractivity contribution in [2.24, 2.45) is 5.92 Å². The van der Waals surface area contributed by atoms with E-state index < -0.39 is 0 Å². The van der Waals surface area contributed by atoms with Crippen LogP contribution in [0.2, 0.25) is 0 Å². The van der Waals surface area contributed by atoms with Gasteiger partial charge in [-0.2, -0.15) is 0 Å². The zero-order valence-electron chi connectivity index (χ0n) is 22.0. The minimum Gasteiger partial charge on any atom is -0.508 e. The Bertz CT molecular complexity index is 1390. The number of nitrogens with zero attached hydrogens (tertiary/aromatic N) is 1. The third kappa shape index (κ3) is 6.74. The van der Waals surface area contributed by atoms with Crippen LogP contribution < -0.4 is 4.74 Å². The molecule has 5 nitrogen and oxygen atoms in total. The molecule has 4 aromatic carbocycles. The van der Waals surface area contributed by atoms with Crippen molar-refractivity contribution in [1.82, 2.24) is 4.90 Å². The van der Waals surface area contributed by atoms with E-state index in [0.29, 0.717) is 28.5 Å². The molecule has 0 saturated carbocycles. The number of aryl methyl sites for hydroxylation is 1. The topological polar surface area (TPSA) is 66.8 Å². The van der Waals surface area contributed by atoms with Gasteiger partial charge in [-0.25, -0.2) is 0 Å². The van der Waals surface area contributed by atoms with Crippen LogP contribution in [0.15, 0.2) is 103 Å². The second-order valence-corrected chi connectivity index (χ2v) is 10.1. The fourth-order valence-corrected chi connectivity index (χ4v) is 5.12. The van der Waals surface area contributed by atoms with Crippen LogP contribution in [0.25, 0.3) is 11.1 Å². The van der Waals surface area contributed by atoms with Crippen molar-refractivity contribution in [1.29, 1.82) is 0 Å². The number of phenolic OH excluding ortho intramolecular Hbond substituents is 1. The molecule has 39 heavy (non-hydrogen) atoms.